The first-order chi connectivity index (χ1) is 69.8. The number of methoxy groups -OCH3 is 2. The van der Waals surface area contributed by atoms with E-state index in [1.54, 1.807) is 39.0 Å². The molecular formula is C118H108N16O8. The van der Waals surface area contributed by atoms with Gasteiger partial charge in [-0.15, -0.1) is 40.8 Å². The van der Waals surface area contributed by atoms with Crippen molar-refractivity contribution >= 4 is 0 Å². The second kappa shape index (κ2) is 46.8. The van der Waals surface area contributed by atoms with E-state index in [2.05, 4.69) is 208 Å². The first-order valence-corrected chi connectivity index (χ1v) is 47.4. The number of pyridine rings is 4. The summed E-state index contributed by atoms with van der Waals surface area (Å²) in [7, 11) is 3.31. The quantitative estimate of drug-likeness (QED) is 0.0380. The highest BCUT2D eigenvalue weighted by Crippen LogP contribution is 2.39. The molecular weight excluding hydrogens is 1770 g/mol. The fourth-order valence-electron chi connectivity index (χ4n) is 15.9. The molecule has 0 aliphatic heterocycles. The highest BCUT2D eigenvalue weighted by atomic mass is 16.5. The van der Waals surface area contributed by atoms with E-state index in [9.17, 15) is 0 Å². The van der Waals surface area contributed by atoms with Crippen LogP contribution in [-0.2, 0) is 0 Å². The fourth-order valence-corrected chi connectivity index (χ4v) is 15.9. The second-order valence-corrected chi connectivity index (χ2v) is 33.4. The molecule has 708 valence electrons. The Hall–Kier alpha value is -17.8. The van der Waals surface area contributed by atoms with Crippen molar-refractivity contribution in [2.45, 2.75) is 80.4 Å². The average Bonchev–Trinajstić information content (AvgIpc) is 1.63. The molecule has 24 heteroatoms. The molecule has 0 fully saturated rings. The topological polar surface area (TPSA) is 248 Å². The number of hydrogen-bond acceptors (Lipinski definition) is 20. The van der Waals surface area contributed by atoms with Gasteiger partial charge in [-0.2, -0.15) is 0 Å². The standard InChI is InChI=1S/2C31H30N4O2.C29H26N4O2.C27H22N4O2/c1-21(2)36-28-15-9-24(10-16-28)30-33-34-31(25-11-17-29(18-12-25)37-22(3)4)35(30)27-13-7-23(8-14-27)26-6-5-19-32-20-26;1-3-20-36-28-15-9-24(10-16-28)30-33-34-31(25-11-17-29(18-12-25)37-21-4-2)35(30)27-13-7-23(8-14-27)26-6-5-19-32-22-26;1-3-34-26-15-9-22(10-16-26)28-31-32-29(23-11-17-27(18-12-23)35-4-2)33(28)25-13-7-21(8-14-25)24-6-5-19-30-20-24;1-32-24-13-7-20(8-14-24)26-29-30-27(21-9-15-25(33-2)16-10-21)31(26)23-11-5-19(6-12-23)22-4-3-17-28-18-22/h5-22H,1-4H3;5-19,22H,3-4,20-21H2,1-2H3;5-20H,3-4H2,1-2H3;3-18H,1-2H3. The molecule has 0 radical (unpaired) electrons. The summed E-state index contributed by atoms with van der Waals surface area (Å²) in [6.45, 7) is 18.9. The van der Waals surface area contributed by atoms with E-state index in [-0.39, 0.29) is 12.2 Å². The molecule has 0 amide bonds. The molecule has 0 saturated carbocycles. The van der Waals surface area contributed by atoms with Gasteiger partial charge in [-0.05, 0) is 366 Å². The molecule has 0 atom stereocenters. The van der Waals surface area contributed by atoms with E-state index in [0.29, 0.717) is 26.4 Å². The Kier molecular flexibility index (Phi) is 31.6. The zero-order valence-electron chi connectivity index (χ0n) is 80.8. The first-order valence-electron chi connectivity index (χ1n) is 47.4. The van der Waals surface area contributed by atoms with Crippen molar-refractivity contribution in [3.63, 3.8) is 0 Å². The van der Waals surface area contributed by atoms with Gasteiger partial charge in [0.1, 0.15) is 46.0 Å². The summed E-state index contributed by atoms with van der Waals surface area (Å²) in [5.41, 5.74) is 20.2. The van der Waals surface area contributed by atoms with Gasteiger partial charge in [0.05, 0.1) is 52.9 Å². The van der Waals surface area contributed by atoms with E-state index >= 15 is 0 Å². The lowest BCUT2D eigenvalue weighted by atomic mass is 10.1. The molecule has 12 aromatic carbocycles. The van der Waals surface area contributed by atoms with E-state index in [1.807, 2.05) is 291 Å². The number of aromatic nitrogens is 16. The normalized spacial score (nSPS) is 10.9. The Morgan fingerprint density at radius 2 is 0.387 bits per heavy atom. The Labute approximate surface area is 826 Å². The zero-order chi connectivity index (χ0) is 97.9. The predicted octanol–water partition coefficient (Wildman–Crippen LogP) is 26.6. The van der Waals surface area contributed by atoms with Gasteiger partial charge >= 0.3 is 0 Å². The second-order valence-electron chi connectivity index (χ2n) is 33.4. The number of rotatable bonds is 32. The summed E-state index contributed by atoms with van der Waals surface area (Å²) in [6, 6.07) is 113. The molecule has 0 spiro atoms. The summed E-state index contributed by atoms with van der Waals surface area (Å²) >= 11 is 0. The minimum Gasteiger partial charge on any atom is -0.497 e. The smallest absolute Gasteiger partial charge is 0.168 e. The van der Waals surface area contributed by atoms with Crippen LogP contribution < -0.4 is 37.9 Å². The zero-order valence-corrected chi connectivity index (χ0v) is 80.8. The van der Waals surface area contributed by atoms with Crippen LogP contribution in [0.25, 0.3) is 158 Å². The molecule has 8 heterocycles. The number of nitrogens with zero attached hydrogens (tertiary/aromatic N) is 16. The molecule has 0 saturated heterocycles. The van der Waals surface area contributed by atoms with Gasteiger partial charge in [-0.3, -0.25) is 38.2 Å². The first kappa shape index (κ1) is 95.9. The minimum absolute atomic E-state index is 0.113. The van der Waals surface area contributed by atoms with Gasteiger partial charge in [0.25, 0.3) is 0 Å². The third-order valence-corrected chi connectivity index (χ3v) is 22.8. The van der Waals surface area contributed by atoms with Crippen LogP contribution >= 0.6 is 0 Å². The van der Waals surface area contributed by atoms with E-state index in [0.717, 1.165) is 217 Å². The maximum Gasteiger partial charge on any atom is 0.168 e. The molecule has 0 aliphatic carbocycles. The number of benzene rings is 12. The lowest BCUT2D eigenvalue weighted by Gasteiger charge is -2.14. The summed E-state index contributed by atoms with van der Waals surface area (Å²) in [5.74, 6) is 12.6. The third kappa shape index (κ3) is 23.5. The van der Waals surface area contributed by atoms with E-state index < -0.39 is 0 Å². The maximum atomic E-state index is 5.83. The summed E-state index contributed by atoms with van der Waals surface area (Å²) in [5, 5.41) is 36.7. The monoisotopic (exact) mass is 1880 g/mol. The fraction of sp³-hybridized carbons (Fsp3) is 0.153. The molecule has 20 rings (SSSR count). The van der Waals surface area contributed by atoms with Crippen molar-refractivity contribution in [3.8, 4) is 204 Å². The minimum atomic E-state index is 0.113. The summed E-state index contributed by atoms with van der Waals surface area (Å²) in [6.07, 6.45) is 16.7. The van der Waals surface area contributed by atoms with Gasteiger partial charge in [-0.1, -0.05) is 86.6 Å². The molecule has 24 nitrogen and oxygen atoms in total. The Balaban J connectivity index is 0.000000130. The molecule has 0 aliphatic rings. The SMILES string of the molecule is CC(C)Oc1ccc(-c2nnc(-c3ccc(OC(C)C)cc3)n2-c2ccc(-c3cccnc3)cc2)cc1.CCCOc1ccc(-c2nnc(-c3ccc(OCCC)cc3)n2-c2ccc(-c3cccnc3)cc2)cc1.CCOc1ccc(-c2nnc(-c3ccc(OCC)cc3)n2-c2ccc(-c3cccnc3)cc2)cc1.COc1ccc(-c2nnc(-c3ccc(OC)cc3)n2-c2ccc(-c3cccnc3)cc2)cc1. The van der Waals surface area contributed by atoms with Crippen molar-refractivity contribution in [2.24, 2.45) is 0 Å². The molecule has 20 aromatic rings. The molecule has 0 unspecified atom stereocenters. The highest BCUT2D eigenvalue weighted by molar-refractivity contribution is 5.76. The van der Waals surface area contributed by atoms with Crippen LogP contribution in [0.2, 0.25) is 0 Å². The van der Waals surface area contributed by atoms with Crippen LogP contribution in [0.4, 0.5) is 0 Å². The summed E-state index contributed by atoms with van der Waals surface area (Å²) in [4.78, 5) is 17.0. The van der Waals surface area contributed by atoms with Crippen LogP contribution in [0.15, 0.2) is 389 Å². The Morgan fingerprint density at radius 1 is 0.204 bits per heavy atom. The van der Waals surface area contributed by atoms with Crippen LogP contribution in [0.3, 0.4) is 0 Å². The third-order valence-electron chi connectivity index (χ3n) is 22.8. The van der Waals surface area contributed by atoms with Gasteiger partial charge in [-0.25, -0.2) is 0 Å². The largest absolute Gasteiger partial charge is 0.497 e. The molecule has 0 bridgehead atoms. The van der Waals surface area contributed by atoms with Gasteiger partial charge < -0.3 is 37.9 Å². The lowest BCUT2D eigenvalue weighted by molar-refractivity contribution is 0.242. The van der Waals surface area contributed by atoms with Crippen LogP contribution in [-0.4, -0.2) is 132 Å². The predicted molar refractivity (Wildman–Crippen MR) is 560 cm³/mol. The molecule has 142 heavy (non-hydrogen) atoms. The van der Waals surface area contributed by atoms with Gasteiger partial charge in [0.15, 0.2) is 46.6 Å². The van der Waals surface area contributed by atoms with E-state index in [4.69, 9.17) is 37.9 Å². The van der Waals surface area contributed by atoms with Crippen LogP contribution in [0, 0.1) is 0 Å². The van der Waals surface area contributed by atoms with Crippen LogP contribution in [0.1, 0.15) is 68.2 Å². The Bertz CT molecular complexity index is 7080. The number of hydrogen-bond donors (Lipinski definition) is 0. The molecule has 8 aromatic heterocycles. The van der Waals surface area contributed by atoms with Crippen molar-refractivity contribution in [3.05, 3.63) is 389 Å². The van der Waals surface area contributed by atoms with Crippen molar-refractivity contribution in [1.29, 1.82) is 0 Å². The average molecular weight is 1880 g/mol. The maximum absolute atomic E-state index is 5.83. The summed E-state index contributed by atoms with van der Waals surface area (Å²) < 4.78 is 53.4. The molecule has 0 N–H and O–H groups in total. The Morgan fingerprint density at radius 3 is 0.556 bits per heavy atom. The lowest BCUT2D eigenvalue weighted by Crippen LogP contribution is -2.05. The number of ether oxygens (including phenoxy) is 8. The van der Waals surface area contributed by atoms with Crippen molar-refractivity contribution < 1.29 is 37.9 Å². The van der Waals surface area contributed by atoms with Crippen molar-refractivity contribution in [2.75, 3.05) is 40.6 Å². The van der Waals surface area contributed by atoms with Gasteiger partial charge in [0, 0.05) is 117 Å². The highest BCUT2D eigenvalue weighted by Gasteiger charge is 2.25. The van der Waals surface area contributed by atoms with Gasteiger partial charge in [0.2, 0.25) is 0 Å². The van der Waals surface area contributed by atoms with E-state index in [1.165, 1.54) is 0 Å². The van der Waals surface area contributed by atoms with Crippen molar-refractivity contribution in [1.82, 2.24) is 79.0 Å². The van der Waals surface area contributed by atoms with Crippen LogP contribution in [0.5, 0.6) is 46.0 Å².